The van der Waals surface area contributed by atoms with E-state index in [1.165, 1.54) is 6.42 Å². The lowest BCUT2D eigenvalue weighted by Crippen LogP contribution is -2.12. The maximum Gasteiger partial charge on any atom is 0.224 e. The fourth-order valence-electron chi connectivity index (χ4n) is 2.26. The minimum absolute atomic E-state index is 0.00714. The number of benzene rings is 1. The van der Waals surface area contributed by atoms with Crippen LogP contribution in [0, 0.1) is 0 Å². The van der Waals surface area contributed by atoms with Crippen molar-refractivity contribution >= 4 is 17.3 Å². The molecule has 0 fully saturated rings. The number of carbonyl (C=O) groups excluding carboxylic acids is 1. The van der Waals surface area contributed by atoms with Crippen LogP contribution in [0.5, 0.6) is 11.5 Å². The van der Waals surface area contributed by atoms with Gasteiger partial charge in [-0.25, -0.2) is 0 Å². The third-order valence-corrected chi connectivity index (χ3v) is 3.45. The maximum absolute atomic E-state index is 11.9. The number of unbranched alkanes of at least 4 members (excludes halogenated alkanes) is 3. The molecule has 0 saturated heterocycles. The number of nitrogens with one attached hydrogen (secondary N) is 1. The van der Waals surface area contributed by atoms with Crippen molar-refractivity contribution in [2.75, 3.05) is 24.3 Å². The highest BCUT2D eigenvalue weighted by Crippen LogP contribution is 2.36. The van der Waals surface area contributed by atoms with E-state index in [9.17, 15) is 4.79 Å². The second-order valence-corrected chi connectivity index (χ2v) is 5.30. The number of hydrogen-bond acceptors (Lipinski definition) is 4. The van der Waals surface area contributed by atoms with Crippen LogP contribution in [0.25, 0.3) is 0 Å². The number of nitrogen functional groups attached to an aromatic ring is 1. The SMILES string of the molecule is CCCCCCC(=O)Nc1cc2c(cc1N)OCCCO2. The highest BCUT2D eigenvalue weighted by Gasteiger charge is 2.14. The molecule has 116 valence electrons. The molecule has 0 unspecified atom stereocenters. The molecule has 21 heavy (non-hydrogen) atoms. The molecular formula is C16H24N2O3. The lowest BCUT2D eigenvalue weighted by atomic mass is 10.1. The number of anilines is 2. The van der Waals surface area contributed by atoms with Gasteiger partial charge >= 0.3 is 0 Å². The summed E-state index contributed by atoms with van der Waals surface area (Å²) in [5, 5.41) is 2.86. The molecule has 0 aliphatic carbocycles. The van der Waals surface area contributed by atoms with Crippen LogP contribution in [0.1, 0.15) is 45.4 Å². The maximum atomic E-state index is 11.9. The molecule has 1 aromatic rings. The first kappa shape index (κ1) is 15.5. The number of rotatable bonds is 6. The summed E-state index contributed by atoms with van der Waals surface area (Å²) in [7, 11) is 0. The Morgan fingerprint density at radius 2 is 1.90 bits per heavy atom. The molecule has 1 aliphatic rings. The third-order valence-electron chi connectivity index (χ3n) is 3.45. The first-order chi connectivity index (χ1) is 10.2. The van der Waals surface area contributed by atoms with Crippen molar-refractivity contribution in [3.05, 3.63) is 12.1 Å². The van der Waals surface area contributed by atoms with E-state index in [2.05, 4.69) is 12.2 Å². The molecule has 0 bridgehead atoms. The molecular weight excluding hydrogens is 268 g/mol. The molecule has 0 atom stereocenters. The molecule has 0 aromatic heterocycles. The summed E-state index contributed by atoms with van der Waals surface area (Å²) < 4.78 is 11.2. The number of ether oxygens (including phenoxy) is 2. The Kier molecular flexibility index (Phi) is 5.72. The number of carbonyl (C=O) groups is 1. The van der Waals surface area contributed by atoms with E-state index in [1.54, 1.807) is 12.1 Å². The van der Waals surface area contributed by atoms with Crippen molar-refractivity contribution in [1.29, 1.82) is 0 Å². The standard InChI is InChI=1S/C16H24N2O3/c1-2-3-4-5-7-16(19)18-13-11-15-14(10-12(13)17)20-8-6-9-21-15/h10-11H,2-9,17H2,1H3,(H,18,19). The van der Waals surface area contributed by atoms with Crippen molar-refractivity contribution in [3.63, 3.8) is 0 Å². The molecule has 1 aliphatic heterocycles. The smallest absolute Gasteiger partial charge is 0.224 e. The van der Waals surface area contributed by atoms with Crippen LogP contribution in [0.15, 0.2) is 12.1 Å². The van der Waals surface area contributed by atoms with Gasteiger partial charge in [-0.15, -0.1) is 0 Å². The van der Waals surface area contributed by atoms with Crippen LogP contribution in [0.4, 0.5) is 11.4 Å². The summed E-state index contributed by atoms with van der Waals surface area (Å²) in [5.41, 5.74) is 7.07. The van der Waals surface area contributed by atoms with Gasteiger partial charge in [0.1, 0.15) is 0 Å². The van der Waals surface area contributed by atoms with Gasteiger partial charge in [-0.2, -0.15) is 0 Å². The summed E-state index contributed by atoms with van der Waals surface area (Å²) in [6, 6.07) is 3.47. The molecule has 1 aromatic carbocycles. The molecule has 0 spiro atoms. The van der Waals surface area contributed by atoms with Crippen molar-refractivity contribution in [2.24, 2.45) is 0 Å². The van der Waals surface area contributed by atoms with Gasteiger partial charge in [0.15, 0.2) is 11.5 Å². The summed E-state index contributed by atoms with van der Waals surface area (Å²) >= 11 is 0. The fraction of sp³-hybridized carbons (Fsp3) is 0.562. The van der Waals surface area contributed by atoms with E-state index in [-0.39, 0.29) is 5.91 Å². The zero-order valence-corrected chi connectivity index (χ0v) is 12.6. The van der Waals surface area contributed by atoms with E-state index in [1.807, 2.05) is 0 Å². The molecule has 1 heterocycles. The Bertz CT molecular complexity index is 489. The second-order valence-electron chi connectivity index (χ2n) is 5.30. The van der Waals surface area contributed by atoms with Crippen LogP contribution in [-0.4, -0.2) is 19.1 Å². The highest BCUT2D eigenvalue weighted by atomic mass is 16.5. The van der Waals surface area contributed by atoms with E-state index in [0.717, 1.165) is 25.7 Å². The molecule has 0 radical (unpaired) electrons. The van der Waals surface area contributed by atoms with Crippen molar-refractivity contribution in [3.8, 4) is 11.5 Å². The minimum atomic E-state index is -0.00714. The normalized spacial score (nSPS) is 13.6. The van der Waals surface area contributed by atoms with Gasteiger partial charge < -0.3 is 20.5 Å². The highest BCUT2D eigenvalue weighted by molar-refractivity contribution is 5.94. The van der Waals surface area contributed by atoms with Crippen molar-refractivity contribution in [2.45, 2.75) is 45.4 Å². The van der Waals surface area contributed by atoms with Gasteiger partial charge in [0.05, 0.1) is 24.6 Å². The first-order valence-corrected chi connectivity index (χ1v) is 7.69. The lowest BCUT2D eigenvalue weighted by molar-refractivity contribution is -0.116. The third kappa shape index (κ3) is 4.55. The van der Waals surface area contributed by atoms with Crippen LogP contribution in [0.3, 0.4) is 0 Å². The topological polar surface area (TPSA) is 73.6 Å². The van der Waals surface area contributed by atoms with E-state index in [0.29, 0.717) is 42.5 Å². The van der Waals surface area contributed by atoms with E-state index < -0.39 is 0 Å². The van der Waals surface area contributed by atoms with Gasteiger partial charge in [0.2, 0.25) is 5.91 Å². The van der Waals surface area contributed by atoms with Crippen molar-refractivity contribution < 1.29 is 14.3 Å². The molecule has 0 saturated carbocycles. The quantitative estimate of drug-likeness (QED) is 0.623. The predicted molar refractivity (Wildman–Crippen MR) is 83.9 cm³/mol. The largest absolute Gasteiger partial charge is 0.489 e. The second kappa shape index (κ2) is 7.76. The molecule has 1 amide bonds. The van der Waals surface area contributed by atoms with Crippen molar-refractivity contribution in [1.82, 2.24) is 0 Å². The first-order valence-electron chi connectivity index (χ1n) is 7.69. The molecule has 2 rings (SSSR count). The summed E-state index contributed by atoms with van der Waals surface area (Å²) in [6.45, 7) is 3.38. The molecule has 5 heteroatoms. The van der Waals surface area contributed by atoms with Gasteiger partial charge in [-0.3, -0.25) is 4.79 Å². The Labute approximate surface area is 125 Å². The Hall–Kier alpha value is -1.91. The van der Waals surface area contributed by atoms with Gasteiger partial charge in [0.25, 0.3) is 0 Å². The van der Waals surface area contributed by atoms with Gasteiger partial charge in [-0.1, -0.05) is 26.2 Å². The minimum Gasteiger partial charge on any atom is -0.489 e. The van der Waals surface area contributed by atoms with Gasteiger partial charge in [-0.05, 0) is 6.42 Å². The summed E-state index contributed by atoms with van der Waals surface area (Å²) in [4.78, 5) is 11.9. The van der Waals surface area contributed by atoms with Crippen LogP contribution >= 0.6 is 0 Å². The number of hydrogen-bond donors (Lipinski definition) is 2. The van der Waals surface area contributed by atoms with E-state index in [4.69, 9.17) is 15.2 Å². The number of nitrogens with two attached hydrogens (primary N) is 1. The predicted octanol–water partition coefficient (Wildman–Crippen LogP) is 3.34. The monoisotopic (exact) mass is 292 g/mol. The van der Waals surface area contributed by atoms with E-state index >= 15 is 0 Å². The molecule has 3 N–H and O–H groups in total. The number of amides is 1. The average Bonchev–Trinajstić information content (AvgIpc) is 2.69. The summed E-state index contributed by atoms with van der Waals surface area (Å²) in [6.07, 6.45) is 5.68. The average molecular weight is 292 g/mol. The summed E-state index contributed by atoms with van der Waals surface area (Å²) in [5.74, 6) is 1.28. The Balaban J connectivity index is 1.96. The Morgan fingerprint density at radius 3 is 2.62 bits per heavy atom. The van der Waals surface area contributed by atoms with Crippen LogP contribution in [-0.2, 0) is 4.79 Å². The fourth-order valence-corrected chi connectivity index (χ4v) is 2.26. The van der Waals surface area contributed by atoms with Crippen LogP contribution < -0.4 is 20.5 Å². The van der Waals surface area contributed by atoms with Gasteiger partial charge in [0, 0.05) is 25.0 Å². The lowest BCUT2D eigenvalue weighted by Gasteiger charge is -2.13. The zero-order chi connectivity index (χ0) is 15.1. The van der Waals surface area contributed by atoms with Crippen LogP contribution in [0.2, 0.25) is 0 Å². The Morgan fingerprint density at radius 1 is 1.19 bits per heavy atom. The number of fused-ring (bicyclic) bond motifs is 1. The molecule has 5 nitrogen and oxygen atoms in total. The zero-order valence-electron chi connectivity index (χ0n) is 12.6.